The lowest BCUT2D eigenvalue weighted by Gasteiger charge is -2.05. The fourth-order valence-electron chi connectivity index (χ4n) is 2.72. The van der Waals surface area contributed by atoms with E-state index in [1.807, 2.05) is 42.5 Å². The van der Waals surface area contributed by atoms with E-state index in [0.29, 0.717) is 13.0 Å². The summed E-state index contributed by atoms with van der Waals surface area (Å²) in [5.41, 5.74) is 2.21. The maximum absolute atomic E-state index is 11.9. The zero-order chi connectivity index (χ0) is 17.5. The van der Waals surface area contributed by atoms with Crippen LogP contribution >= 0.6 is 22.9 Å². The van der Waals surface area contributed by atoms with Gasteiger partial charge in [-0.05, 0) is 55.5 Å². The number of amides is 1. The lowest BCUT2D eigenvalue weighted by molar-refractivity contribution is -0.121. The van der Waals surface area contributed by atoms with Crippen molar-refractivity contribution in [3.63, 3.8) is 0 Å². The molecular formula is C20H21ClN2OS. The molecule has 1 aromatic heterocycles. The highest BCUT2D eigenvalue weighted by Gasteiger charge is 2.05. The van der Waals surface area contributed by atoms with Crippen molar-refractivity contribution in [1.82, 2.24) is 10.3 Å². The Labute approximate surface area is 157 Å². The van der Waals surface area contributed by atoms with Gasteiger partial charge in [-0.1, -0.05) is 35.9 Å². The van der Waals surface area contributed by atoms with Crippen molar-refractivity contribution in [2.24, 2.45) is 0 Å². The molecule has 0 aliphatic heterocycles. The van der Waals surface area contributed by atoms with Gasteiger partial charge in [0.1, 0.15) is 0 Å². The number of halogens is 1. The number of aromatic nitrogens is 1. The Morgan fingerprint density at radius 2 is 1.96 bits per heavy atom. The van der Waals surface area contributed by atoms with Crippen molar-refractivity contribution in [2.75, 3.05) is 6.54 Å². The number of nitrogens with zero attached hydrogens (tertiary/aromatic N) is 1. The molecule has 3 aromatic rings. The highest BCUT2D eigenvalue weighted by atomic mass is 35.5. The quantitative estimate of drug-likeness (QED) is 0.564. The second kappa shape index (κ2) is 8.97. The molecule has 25 heavy (non-hydrogen) atoms. The molecule has 0 unspecified atom stereocenters. The van der Waals surface area contributed by atoms with E-state index in [1.165, 1.54) is 4.70 Å². The highest BCUT2D eigenvalue weighted by Crippen LogP contribution is 2.22. The predicted molar refractivity (Wildman–Crippen MR) is 105 cm³/mol. The summed E-state index contributed by atoms with van der Waals surface area (Å²) in [4.78, 5) is 16.5. The first-order valence-corrected chi connectivity index (χ1v) is 9.76. The van der Waals surface area contributed by atoms with Gasteiger partial charge in [-0.3, -0.25) is 4.79 Å². The molecule has 1 heterocycles. The first-order chi connectivity index (χ1) is 12.2. The Balaban J connectivity index is 1.32. The van der Waals surface area contributed by atoms with E-state index in [1.54, 1.807) is 11.3 Å². The van der Waals surface area contributed by atoms with E-state index in [0.717, 1.165) is 46.8 Å². The van der Waals surface area contributed by atoms with Crippen LogP contribution in [-0.4, -0.2) is 17.4 Å². The average Bonchev–Trinajstić information content (AvgIpc) is 3.02. The third kappa shape index (κ3) is 5.55. The summed E-state index contributed by atoms with van der Waals surface area (Å²) in [6.07, 6.45) is 4.19. The number of unbranched alkanes of at least 4 members (excludes halogenated alkanes) is 1. The predicted octanol–water partition coefficient (Wildman–Crippen LogP) is 5.02. The zero-order valence-electron chi connectivity index (χ0n) is 14.0. The van der Waals surface area contributed by atoms with Crippen molar-refractivity contribution < 1.29 is 4.79 Å². The van der Waals surface area contributed by atoms with Crippen LogP contribution in [0.1, 0.15) is 29.8 Å². The maximum Gasteiger partial charge on any atom is 0.220 e. The van der Waals surface area contributed by atoms with Gasteiger partial charge in [-0.2, -0.15) is 0 Å². The Morgan fingerprint density at radius 1 is 1.08 bits per heavy atom. The van der Waals surface area contributed by atoms with Crippen molar-refractivity contribution >= 4 is 39.1 Å². The van der Waals surface area contributed by atoms with E-state index < -0.39 is 0 Å². The molecule has 0 saturated heterocycles. The second-order valence-corrected chi connectivity index (χ2v) is 7.56. The zero-order valence-corrected chi connectivity index (χ0v) is 15.6. The number of hydrogen-bond donors (Lipinski definition) is 1. The van der Waals surface area contributed by atoms with Gasteiger partial charge in [0, 0.05) is 18.0 Å². The first-order valence-electron chi connectivity index (χ1n) is 8.56. The summed E-state index contributed by atoms with van der Waals surface area (Å²) in [6.45, 7) is 0.650. The summed E-state index contributed by atoms with van der Waals surface area (Å²) in [6, 6.07) is 15.9. The normalized spacial score (nSPS) is 10.9. The number of carbonyl (C=O) groups is 1. The fraction of sp³-hybridized carbons (Fsp3) is 0.300. The average molecular weight is 373 g/mol. The van der Waals surface area contributed by atoms with Crippen LogP contribution in [0.3, 0.4) is 0 Å². The van der Waals surface area contributed by atoms with Gasteiger partial charge in [0.25, 0.3) is 0 Å². The number of thiazole rings is 1. The third-order valence-corrected chi connectivity index (χ3v) is 5.34. The summed E-state index contributed by atoms with van der Waals surface area (Å²) in [5, 5.41) is 4.87. The second-order valence-electron chi connectivity index (χ2n) is 6.01. The lowest BCUT2D eigenvalue weighted by Crippen LogP contribution is -2.25. The van der Waals surface area contributed by atoms with Crippen molar-refractivity contribution in [2.45, 2.75) is 32.1 Å². The molecule has 1 N–H and O–H groups in total. The van der Waals surface area contributed by atoms with Crippen LogP contribution in [0.15, 0.2) is 48.5 Å². The highest BCUT2D eigenvalue weighted by molar-refractivity contribution is 7.18. The Kier molecular flexibility index (Phi) is 6.42. The molecule has 2 aromatic carbocycles. The number of carbonyl (C=O) groups excluding carboxylic acids is 1. The minimum atomic E-state index is 0.117. The van der Waals surface area contributed by atoms with Crippen LogP contribution in [0.25, 0.3) is 10.2 Å². The number of nitrogens with one attached hydrogen (secondary N) is 1. The van der Waals surface area contributed by atoms with Crippen LogP contribution < -0.4 is 5.32 Å². The van der Waals surface area contributed by atoms with Gasteiger partial charge in [0.05, 0.1) is 15.2 Å². The van der Waals surface area contributed by atoms with E-state index in [9.17, 15) is 4.79 Å². The van der Waals surface area contributed by atoms with Crippen LogP contribution in [0.4, 0.5) is 0 Å². The number of hydrogen-bond acceptors (Lipinski definition) is 3. The molecule has 5 heteroatoms. The monoisotopic (exact) mass is 372 g/mol. The molecular weight excluding hydrogens is 352 g/mol. The smallest absolute Gasteiger partial charge is 0.220 e. The Morgan fingerprint density at radius 3 is 2.80 bits per heavy atom. The minimum absolute atomic E-state index is 0.117. The van der Waals surface area contributed by atoms with Crippen LogP contribution in [-0.2, 0) is 17.6 Å². The van der Waals surface area contributed by atoms with E-state index in [4.69, 9.17) is 11.6 Å². The number of para-hydroxylation sites is 1. The number of rotatable bonds is 8. The molecule has 3 rings (SSSR count). The van der Waals surface area contributed by atoms with Crippen molar-refractivity contribution in [3.05, 3.63) is 64.1 Å². The van der Waals surface area contributed by atoms with Crippen LogP contribution in [0.5, 0.6) is 0 Å². The van der Waals surface area contributed by atoms with Gasteiger partial charge in [-0.15, -0.1) is 11.3 Å². The van der Waals surface area contributed by atoms with Gasteiger partial charge in [-0.25, -0.2) is 4.98 Å². The van der Waals surface area contributed by atoms with Crippen LogP contribution in [0, 0.1) is 0 Å². The van der Waals surface area contributed by atoms with E-state index in [-0.39, 0.29) is 5.91 Å². The molecule has 1 amide bonds. The third-order valence-electron chi connectivity index (χ3n) is 4.01. The van der Waals surface area contributed by atoms with Gasteiger partial charge in [0.2, 0.25) is 5.91 Å². The maximum atomic E-state index is 11.9. The number of aryl methyl sites for hydroxylation is 1. The van der Waals surface area contributed by atoms with Crippen LogP contribution in [0.2, 0.25) is 5.02 Å². The Hall–Kier alpha value is -1.91. The van der Waals surface area contributed by atoms with Gasteiger partial charge < -0.3 is 5.32 Å². The van der Waals surface area contributed by atoms with Gasteiger partial charge in [0.15, 0.2) is 0 Å². The fourth-order valence-corrected chi connectivity index (χ4v) is 3.94. The summed E-state index contributed by atoms with van der Waals surface area (Å²) < 4.78 is 1.23. The molecule has 0 spiro atoms. The van der Waals surface area contributed by atoms with E-state index in [2.05, 4.69) is 16.4 Å². The number of benzene rings is 2. The molecule has 0 radical (unpaired) electrons. The minimum Gasteiger partial charge on any atom is -0.356 e. The molecule has 3 nitrogen and oxygen atoms in total. The molecule has 130 valence electrons. The topological polar surface area (TPSA) is 42.0 Å². The van der Waals surface area contributed by atoms with Crippen molar-refractivity contribution in [3.8, 4) is 0 Å². The molecule has 0 saturated carbocycles. The number of fused-ring (bicyclic) bond motifs is 1. The van der Waals surface area contributed by atoms with Gasteiger partial charge >= 0.3 is 0 Å². The lowest BCUT2D eigenvalue weighted by atomic mass is 10.1. The summed E-state index contributed by atoms with van der Waals surface area (Å²) in [7, 11) is 0. The Bertz CT molecular complexity index is 813. The largest absolute Gasteiger partial charge is 0.356 e. The molecule has 0 bridgehead atoms. The SMILES string of the molecule is O=C(CCCCc1nc2ccccc2s1)NCCc1cccc(Cl)c1. The first kappa shape index (κ1) is 17.9. The summed E-state index contributed by atoms with van der Waals surface area (Å²) >= 11 is 7.70. The molecule has 0 aliphatic rings. The van der Waals surface area contributed by atoms with E-state index >= 15 is 0 Å². The van der Waals surface area contributed by atoms with Crippen molar-refractivity contribution in [1.29, 1.82) is 0 Å². The molecule has 0 aliphatic carbocycles. The summed E-state index contributed by atoms with van der Waals surface area (Å²) in [5.74, 6) is 0.117. The molecule has 0 atom stereocenters. The molecule has 0 fully saturated rings. The standard InChI is InChI=1S/C20H21ClN2OS/c21-16-7-5-6-15(14-16)12-13-22-19(24)10-3-4-11-20-23-17-8-1-2-9-18(17)25-20/h1-2,5-9,14H,3-4,10-13H2,(H,22,24).